The lowest BCUT2D eigenvalue weighted by Crippen LogP contribution is -2.21. The van der Waals surface area contributed by atoms with Crippen LogP contribution in [-0.2, 0) is 0 Å². The maximum Gasteiger partial charge on any atom is 0.244 e. The number of aryl methyl sites for hydroxylation is 4. The maximum atomic E-state index is 9.79. The molecule has 4 unspecified atom stereocenters. The van der Waals surface area contributed by atoms with E-state index in [1.807, 2.05) is 120 Å². The highest BCUT2D eigenvalue weighted by Gasteiger charge is 2.40. The van der Waals surface area contributed by atoms with Crippen molar-refractivity contribution in [2.75, 3.05) is 0 Å². The van der Waals surface area contributed by atoms with Crippen LogP contribution < -0.4 is 30.4 Å². The summed E-state index contributed by atoms with van der Waals surface area (Å²) < 4.78 is 23.0. The van der Waals surface area contributed by atoms with Crippen molar-refractivity contribution < 1.29 is 18.9 Å². The van der Waals surface area contributed by atoms with E-state index < -0.39 is 5.92 Å². The monoisotopic (exact) mass is 1500 g/mol. The average molecular weight is 1510 g/mol. The van der Waals surface area contributed by atoms with Crippen LogP contribution in [0.1, 0.15) is 102 Å². The molecule has 25 heteroatoms. The molecule has 4 atom stereocenters. The maximum absolute atomic E-state index is 9.79. The molecule has 502 valence electrons. The molecule has 4 aliphatic heterocycles. The molecular weight excluding hydrogens is 1450 g/mol. The van der Waals surface area contributed by atoms with Gasteiger partial charge in [0.1, 0.15) is 11.5 Å². The highest BCUT2D eigenvalue weighted by Crippen LogP contribution is 2.53. The summed E-state index contributed by atoms with van der Waals surface area (Å²) in [6.07, 6.45) is 11.5. The Kier molecular flexibility index (Phi) is 20.0. The summed E-state index contributed by atoms with van der Waals surface area (Å²) in [6.45, 7) is 11.9. The molecule has 4 aromatic carbocycles. The number of nitrogens with one attached hydrogen (secondary N) is 4. The van der Waals surface area contributed by atoms with Crippen LogP contribution in [0.5, 0.6) is 23.5 Å². The summed E-state index contributed by atoms with van der Waals surface area (Å²) >= 11 is 37.9. The number of rotatable bonds is 8. The van der Waals surface area contributed by atoms with Crippen LogP contribution in [0.15, 0.2) is 184 Å². The predicted octanol–water partition coefficient (Wildman–Crippen LogP) is 20.4. The molecular formula is C76H55Cl5N12O4S4. The van der Waals surface area contributed by atoms with Crippen LogP contribution in [0.2, 0.25) is 25.1 Å². The highest BCUT2D eigenvalue weighted by atomic mass is 35.5. The zero-order chi connectivity index (χ0) is 71.1. The quantitative estimate of drug-likeness (QED) is 0.0777. The first kappa shape index (κ1) is 69.3. The second-order valence-corrected chi connectivity index (χ2v) is 30.2. The largest absolute Gasteiger partial charge is 0.441 e. The molecule has 0 bridgehead atoms. The molecule has 4 aliphatic rings. The predicted molar refractivity (Wildman–Crippen MR) is 404 cm³/mol. The second kappa shape index (κ2) is 29.2. The molecule has 8 aromatic heterocycles. The van der Waals surface area contributed by atoms with E-state index in [-0.39, 0.29) is 29.5 Å². The van der Waals surface area contributed by atoms with E-state index in [9.17, 15) is 10.5 Å². The standard InChI is InChI=1S/2C20H16ClN3OS.C18H11Cl2N3OS.C18H12ClN3OS/c1-10-8-15(12(3)26-10)19-18-17(13-4-6-14(21)7-5-13)16(9-22)11(2)25-20(18)24-23-19;1-4-12-16(13-7-5-6-8-15(13)21)17-18(14-9-10(2)26-11(14)3)23-24-20(17)25-19(12)22;1-9-11(8-21)14(10-4-2-5-12(19)16(10)20)15-17(13-6-3-7-25-13)22-23-18(15)24-9;1-2-12-14(10-5-7-11(19)8-6-10)15-16(13-4-3-9-24-13)21-22-18(15)23-17(12)20/h4-8,17H,1-3H3,(H,23,24);1,5-9,16H,22H2,2-3H3,(H,23,24);2-7,14H,1H3,(H,22,23);1,3-9,14H,20H2,(H,21,22). The van der Waals surface area contributed by atoms with Crippen molar-refractivity contribution in [3.8, 4) is 104 Å². The number of benzene rings is 4. The van der Waals surface area contributed by atoms with Crippen LogP contribution >= 0.6 is 103 Å². The SMILES string of the molecule is C#CC1=C(N)Oc2n[nH]c(-c3cc(C)sc3C)c2C1c1ccccc1Cl.C#CC1=C(N)Oc2n[nH]c(-c3cccs3)c2C1c1ccc(Cl)cc1.CC1=C(C#N)C(c2ccc(Cl)cc2)c2c(n[nH]c2-c2cc(C)sc2C)O1.CC1=C(C#N)C(c2cccc(Cl)c2Cl)c2c(n[nH]c2-c2cccs2)O1. The van der Waals surface area contributed by atoms with Crippen molar-refractivity contribution in [1.29, 1.82) is 10.5 Å². The molecule has 0 saturated heterocycles. The summed E-state index contributed by atoms with van der Waals surface area (Å²) in [7, 11) is 0. The first-order valence-electron chi connectivity index (χ1n) is 30.9. The van der Waals surface area contributed by atoms with E-state index in [1.54, 1.807) is 65.3 Å². The second-order valence-electron chi connectivity index (χ2n) is 23.3. The number of aromatic amines is 4. The number of hydrogen-bond donors (Lipinski definition) is 6. The van der Waals surface area contributed by atoms with Gasteiger partial charge in [0.25, 0.3) is 0 Å². The number of fused-ring (bicyclic) bond motifs is 4. The lowest BCUT2D eigenvalue weighted by Gasteiger charge is -2.25. The van der Waals surface area contributed by atoms with Gasteiger partial charge in [0, 0.05) is 45.7 Å². The summed E-state index contributed by atoms with van der Waals surface area (Å²) in [5.41, 5.74) is 27.1. The molecule has 0 aliphatic carbocycles. The van der Waals surface area contributed by atoms with Gasteiger partial charge in [-0.3, -0.25) is 20.4 Å². The van der Waals surface area contributed by atoms with Crippen molar-refractivity contribution in [2.45, 2.75) is 65.2 Å². The number of H-pyrrole nitrogens is 4. The number of nitrogens with two attached hydrogens (primary N) is 2. The third-order valence-corrected chi connectivity index (χ3v) is 22.6. The van der Waals surface area contributed by atoms with E-state index in [0.717, 1.165) is 88.2 Å². The summed E-state index contributed by atoms with van der Waals surface area (Å²) in [5.74, 6) is 7.54. The molecule has 8 N–H and O–H groups in total. The topological polar surface area (TPSA) is 251 Å². The number of nitriles is 2. The van der Waals surface area contributed by atoms with E-state index in [0.29, 0.717) is 82.4 Å². The fourth-order valence-electron chi connectivity index (χ4n) is 12.7. The Hall–Kier alpha value is -10.2. The Balaban J connectivity index is 0.000000120. The lowest BCUT2D eigenvalue weighted by molar-refractivity contribution is 0.379. The summed E-state index contributed by atoms with van der Waals surface area (Å²) in [6, 6.07) is 45.0. The molecule has 101 heavy (non-hydrogen) atoms. The number of halogens is 5. The Labute approximate surface area is 622 Å². The lowest BCUT2D eigenvalue weighted by atomic mass is 9.82. The van der Waals surface area contributed by atoms with E-state index in [4.69, 9.17) is 101 Å². The fraction of sp³-hybridized carbons (Fsp3) is 0.132. The molecule has 16 nitrogen and oxygen atoms in total. The van der Waals surface area contributed by atoms with Crippen molar-refractivity contribution in [2.24, 2.45) is 11.5 Å². The van der Waals surface area contributed by atoms with Crippen LogP contribution in [0.25, 0.3) is 43.7 Å². The molecule has 16 rings (SSSR count). The zero-order valence-electron chi connectivity index (χ0n) is 54.2. The van der Waals surface area contributed by atoms with Crippen molar-refractivity contribution in [1.82, 2.24) is 40.8 Å². The fourth-order valence-corrected chi connectivity index (χ4v) is 17.0. The first-order valence-corrected chi connectivity index (χ1v) is 36.2. The van der Waals surface area contributed by atoms with Crippen molar-refractivity contribution >= 4 is 103 Å². The van der Waals surface area contributed by atoms with Gasteiger partial charge in [-0.1, -0.05) is 137 Å². The van der Waals surface area contributed by atoms with E-state index in [2.05, 4.69) is 105 Å². The van der Waals surface area contributed by atoms with Crippen LogP contribution in [0.3, 0.4) is 0 Å². The molecule has 0 radical (unpaired) electrons. The molecule has 12 aromatic rings. The van der Waals surface area contributed by atoms with Crippen molar-refractivity contribution in [3.05, 3.63) is 273 Å². The number of hydrogen-bond acceptors (Lipinski definition) is 16. The Morgan fingerprint density at radius 3 is 1.27 bits per heavy atom. The van der Waals surface area contributed by atoms with E-state index >= 15 is 0 Å². The number of aromatic nitrogens is 8. The molecule has 0 amide bonds. The van der Waals surface area contributed by atoms with Crippen LogP contribution in [0.4, 0.5) is 0 Å². The van der Waals surface area contributed by atoms with Gasteiger partial charge in [-0.2, -0.15) is 10.5 Å². The average Bonchev–Trinajstić information content (AvgIpc) is 1.68. The molecule has 0 saturated carbocycles. The van der Waals surface area contributed by atoms with Gasteiger partial charge < -0.3 is 30.4 Å². The minimum absolute atomic E-state index is 0.182. The molecule has 0 spiro atoms. The normalized spacial score (nSPS) is 16.3. The Bertz CT molecular complexity index is 5510. The minimum atomic E-state index is -0.393. The minimum Gasteiger partial charge on any atom is -0.441 e. The third kappa shape index (κ3) is 13.2. The van der Waals surface area contributed by atoms with Gasteiger partial charge in [0.05, 0.1) is 123 Å². The van der Waals surface area contributed by atoms with Crippen LogP contribution in [-0.4, -0.2) is 40.8 Å². The van der Waals surface area contributed by atoms with Gasteiger partial charge in [0.2, 0.25) is 35.3 Å². The number of nitrogens with zero attached hydrogens (tertiary/aromatic N) is 6. The number of allylic oxidation sites excluding steroid dienone is 6. The number of thiophene rings is 4. The van der Waals surface area contributed by atoms with Crippen LogP contribution in [0, 0.1) is 75.0 Å². The Morgan fingerprint density at radius 1 is 0.446 bits per heavy atom. The number of terminal acetylenes is 2. The number of ether oxygens (including phenoxy) is 4. The van der Waals surface area contributed by atoms with Gasteiger partial charge in [-0.25, -0.2) is 0 Å². The van der Waals surface area contributed by atoms with Crippen molar-refractivity contribution in [3.63, 3.8) is 0 Å². The van der Waals surface area contributed by atoms with E-state index in [1.165, 1.54) is 19.5 Å². The third-order valence-electron chi connectivity index (χ3n) is 17.2. The van der Waals surface area contributed by atoms with Gasteiger partial charge in [-0.05, 0) is 135 Å². The summed E-state index contributed by atoms with van der Waals surface area (Å²) in [5, 5.41) is 56.0. The highest BCUT2D eigenvalue weighted by molar-refractivity contribution is 7.14. The smallest absolute Gasteiger partial charge is 0.244 e. The molecule has 0 fully saturated rings. The van der Waals surface area contributed by atoms with Gasteiger partial charge >= 0.3 is 0 Å². The zero-order valence-corrected chi connectivity index (χ0v) is 61.3. The molecule has 12 heterocycles. The first-order chi connectivity index (χ1) is 48.8. The van der Waals surface area contributed by atoms with Gasteiger partial charge in [-0.15, -0.1) is 78.6 Å². The van der Waals surface area contributed by atoms with Gasteiger partial charge in [0.15, 0.2) is 0 Å². The Morgan fingerprint density at radius 2 is 0.832 bits per heavy atom. The summed E-state index contributed by atoms with van der Waals surface area (Å²) in [4.78, 5) is 6.91.